The molecule has 11 heavy (non-hydrogen) atoms. The molecule has 6 heteroatoms. The number of hydrazone groups is 1. The van der Waals surface area contributed by atoms with Crippen molar-refractivity contribution in [3.63, 3.8) is 0 Å². The zero-order valence-electron chi connectivity index (χ0n) is 6.04. The number of carbonyl (C=O) groups excluding carboxylic acids is 2. The maximum atomic E-state index is 10.7. The van der Waals surface area contributed by atoms with Gasteiger partial charge in [0, 0.05) is 6.42 Å². The van der Waals surface area contributed by atoms with Gasteiger partial charge in [0.05, 0.1) is 6.42 Å². The Balaban J connectivity index is 3.63. The minimum absolute atomic E-state index is 0.0169. The first-order chi connectivity index (χ1) is 5.07. The molecule has 0 rings (SSSR count). The van der Waals surface area contributed by atoms with Gasteiger partial charge in [0.2, 0.25) is 5.91 Å². The Labute approximate surface area is 63.8 Å². The van der Waals surface area contributed by atoms with Crippen LogP contribution in [0.2, 0.25) is 0 Å². The second kappa shape index (κ2) is 4.40. The normalized spacial score (nSPS) is 8.82. The summed E-state index contributed by atoms with van der Waals surface area (Å²) in [4.78, 5) is 21.2. The Morgan fingerprint density at radius 1 is 1.45 bits per heavy atom. The summed E-state index contributed by atoms with van der Waals surface area (Å²) in [7, 11) is 0. The number of hydrogen-bond donors (Lipinski definition) is 3. The fraction of sp³-hybridized carbons (Fsp3) is 0.400. The Hall–Kier alpha value is -1.43. The summed E-state index contributed by atoms with van der Waals surface area (Å²) in [5, 5.41) is 0. The molecule has 0 aliphatic heterocycles. The lowest BCUT2D eigenvalue weighted by Crippen LogP contribution is -2.32. The summed E-state index contributed by atoms with van der Waals surface area (Å²) < 4.78 is 0.684. The molecule has 0 aromatic carbocycles. The number of nitrogens with zero attached hydrogens (tertiary/aromatic N) is 1. The molecule has 0 bridgehead atoms. The van der Waals surface area contributed by atoms with E-state index in [2.05, 4.69) is 6.72 Å². The van der Waals surface area contributed by atoms with E-state index in [1.807, 2.05) is 5.43 Å². The van der Waals surface area contributed by atoms with E-state index in [1.54, 1.807) is 0 Å². The van der Waals surface area contributed by atoms with Gasteiger partial charge in [-0.25, -0.2) is 16.5 Å². The maximum absolute atomic E-state index is 10.7. The molecule has 0 aliphatic carbocycles. The van der Waals surface area contributed by atoms with Crippen molar-refractivity contribution in [3.8, 4) is 0 Å². The highest BCUT2D eigenvalue weighted by atomic mass is 16.2. The number of nitrogens with one attached hydrogen (secondary N) is 1. The largest absolute Gasteiger partial charge is 0.414 e. The third kappa shape index (κ3) is 4.04. The minimum atomic E-state index is -0.409. The lowest BCUT2D eigenvalue weighted by molar-refractivity contribution is -0.451. The Kier molecular flexibility index (Phi) is 3.82. The standard InChI is InChI=1S/C5H10N4O2/c1-9(7)5(11)3-2-4(10)8-6/h1-3,6-7H2/p+1. The third-order valence-electron chi connectivity index (χ3n) is 1.05. The van der Waals surface area contributed by atoms with Crippen molar-refractivity contribution < 1.29 is 14.3 Å². The van der Waals surface area contributed by atoms with Gasteiger partial charge in [-0.1, -0.05) is 4.68 Å². The van der Waals surface area contributed by atoms with Crippen LogP contribution in [0.25, 0.3) is 0 Å². The molecule has 0 aliphatic rings. The molecule has 0 aromatic rings. The Bertz CT molecular complexity index is 189. The van der Waals surface area contributed by atoms with E-state index < -0.39 is 11.8 Å². The number of nitrogens with two attached hydrogens (primary N) is 2. The molecule has 0 fully saturated rings. The minimum Gasteiger partial charge on any atom is -0.294 e. The molecule has 0 spiro atoms. The first-order valence-electron chi connectivity index (χ1n) is 2.95. The summed E-state index contributed by atoms with van der Waals surface area (Å²) >= 11 is 0. The molecule has 0 unspecified atom stereocenters. The molecule has 0 saturated heterocycles. The van der Waals surface area contributed by atoms with E-state index in [4.69, 9.17) is 11.7 Å². The SMILES string of the molecule is C=[N+](N)C(=O)CCC(=O)NN. The molecule has 62 valence electrons. The first-order valence-corrected chi connectivity index (χ1v) is 2.95. The average molecular weight is 159 g/mol. The molecule has 5 N–H and O–H groups in total. The quantitative estimate of drug-likeness (QED) is 0.144. The predicted molar refractivity (Wildman–Crippen MR) is 38.1 cm³/mol. The lowest BCUT2D eigenvalue weighted by atomic mass is 10.3. The topological polar surface area (TPSA) is 101 Å². The second-order valence-electron chi connectivity index (χ2n) is 1.93. The van der Waals surface area contributed by atoms with Crippen molar-refractivity contribution in [2.45, 2.75) is 12.8 Å². The van der Waals surface area contributed by atoms with Crippen LogP contribution in [0, 0.1) is 0 Å². The third-order valence-corrected chi connectivity index (χ3v) is 1.05. The van der Waals surface area contributed by atoms with Crippen LogP contribution in [-0.2, 0) is 9.59 Å². The monoisotopic (exact) mass is 159 g/mol. The van der Waals surface area contributed by atoms with Gasteiger partial charge in [0.1, 0.15) is 0 Å². The van der Waals surface area contributed by atoms with Crippen molar-refractivity contribution in [1.82, 2.24) is 5.43 Å². The Morgan fingerprint density at radius 3 is 2.36 bits per heavy atom. The van der Waals surface area contributed by atoms with Crippen molar-refractivity contribution >= 4 is 18.5 Å². The first kappa shape index (κ1) is 9.57. The number of carbonyl (C=O) groups is 2. The summed E-state index contributed by atoms with van der Waals surface area (Å²) in [6, 6.07) is 0. The highest BCUT2D eigenvalue weighted by Gasteiger charge is 2.12. The van der Waals surface area contributed by atoms with Gasteiger partial charge in [0.15, 0.2) is 6.72 Å². The van der Waals surface area contributed by atoms with Gasteiger partial charge in [-0.15, -0.1) is 0 Å². The molecule has 0 atom stereocenters. The highest BCUT2D eigenvalue weighted by molar-refractivity contribution is 5.80. The number of hydrazine groups is 2. The zero-order chi connectivity index (χ0) is 8.85. The van der Waals surface area contributed by atoms with Crippen LogP contribution in [0.4, 0.5) is 0 Å². The van der Waals surface area contributed by atoms with Crippen LogP contribution >= 0.6 is 0 Å². The predicted octanol–water partition coefficient (Wildman–Crippen LogP) is -2.13. The van der Waals surface area contributed by atoms with Crippen LogP contribution < -0.4 is 17.1 Å². The fourth-order valence-corrected chi connectivity index (χ4v) is 0.436. The molecular formula is C5H11N4O2+. The van der Waals surface area contributed by atoms with E-state index >= 15 is 0 Å². The highest BCUT2D eigenvalue weighted by Crippen LogP contribution is 1.88. The van der Waals surface area contributed by atoms with E-state index in [1.165, 1.54) is 0 Å². The van der Waals surface area contributed by atoms with E-state index in [0.29, 0.717) is 4.68 Å². The van der Waals surface area contributed by atoms with E-state index in [-0.39, 0.29) is 12.8 Å². The molecule has 0 aromatic heterocycles. The summed E-state index contributed by atoms with van der Waals surface area (Å²) in [6.45, 7) is 3.14. The van der Waals surface area contributed by atoms with Crippen LogP contribution in [-0.4, -0.2) is 23.2 Å². The molecular weight excluding hydrogens is 148 g/mol. The van der Waals surface area contributed by atoms with Crippen LogP contribution in [0.5, 0.6) is 0 Å². The molecule has 0 heterocycles. The van der Waals surface area contributed by atoms with Gasteiger partial charge in [0.25, 0.3) is 0 Å². The summed E-state index contributed by atoms with van der Waals surface area (Å²) in [6.07, 6.45) is 0.0432. The van der Waals surface area contributed by atoms with Crippen molar-refractivity contribution in [2.24, 2.45) is 11.7 Å². The lowest BCUT2D eigenvalue weighted by Gasteiger charge is -1.94. The van der Waals surface area contributed by atoms with Crippen LogP contribution in [0.3, 0.4) is 0 Å². The number of amides is 2. The number of hydrogen-bond acceptors (Lipinski definition) is 4. The van der Waals surface area contributed by atoms with Gasteiger partial charge in [-0.05, 0) is 0 Å². The summed E-state index contributed by atoms with van der Waals surface area (Å²) in [5.41, 5.74) is 1.89. The average Bonchev–Trinajstić information content (AvgIpc) is 1.99. The second-order valence-corrected chi connectivity index (χ2v) is 1.93. The molecule has 0 radical (unpaired) electrons. The molecule has 0 saturated carbocycles. The smallest absolute Gasteiger partial charge is 0.294 e. The van der Waals surface area contributed by atoms with E-state index in [0.717, 1.165) is 0 Å². The number of rotatable bonds is 3. The maximum Gasteiger partial charge on any atom is 0.414 e. The van der Waals surface area contributed by atoms with Crippen LogP contribution in [0.1, 0.15) is 12.8 Å². The Morgan fingerprint density at radius 2 is 2.00 bits per heavy atom. The van der Waals surface area contributed by atoms with Crippen molar-refractivity contribution in [3.05, 3.63) is 0 Å². The fourth-order valence-electron chi connectivity index (χ4n) is 0.436. The van der Waals surface area contributed by atoms with Gasteiger partial charge < -0.3 is 0 Å². The van der Waals surface area contributed by atoms with Gasteiger partial charge in [-0.3, -0.25) is 10.2 Å². The van der Waals surface area contributed by atoms with Crippen molar-refractivity contribution in [2.75, 3.05) is 0 Å². The summed E-state index contributed by atoms with van der Waals surface area (Å²) in [5.74, 6) is 8.93. The van der Waals surface area contributed by atoms with Crippen molar-refractivity contribution in [1.29, 1.82) is 0 Å². The van der Waals surface area contributed by atoms with Gasteiger partial charge in [-0.2, -0.15) is 0 Å². The zero-order valence-corrected chi connectivity index (χ0v) is 6.04. The molecule has 2 amide bonds. The van der Waals surface area contributed by atoms with E-state index in [9.17, 15) is 9.59 Å². The van der Waals surface area contributed by atoms with Crippen LogP contribution in [0.15, 0.2) is 0 Å². The molecule has 6 nitrogen and oxygen atoms in total. The van der Waals surface area contributed by atoms with Gasteiger partial charge >= 0.3 is 5.91 Å².